The quantitative estimate of drug-likeness (QED) is 0.749. The number of hydrogen-bond donors (Lipinski definition) is 3. The van der Waals surface area contributed by atoms with Crippen LogP contribution < -0.4 is 5.32 Å². The number of nitrogens with one attached hydrogen (secondary N) is 1. The lowest BCUT2D eigenvalue weighted by Gasteiger charge is -2.06. The lowest BCUT2D eigenvalue weighted by atomic mass is 10.1. The van der Waals surface area contributed by atoms with Gasteiger partial charge in [-0.05, 0) is 42.0 Å². The number of hydrogen-bond acceptors (Lipinski definition) is 3. The van der Waals surface area contributed by atoms with E-state index in [1.165, 1.54) is 12.1 Å². The van der Waals surface area contributed by atoms with Gasteiger partial charge in [0.25, 0.3) is 5.91 Å². The summed E-state index contributed by atoms with van der Waals surface area (Å²) in [4.78, 5) is 11.9. The molecule has 0 aliphatic carbocycles. The first-order valence-corrected chi connectivity index (χ1v) is 6.45. The number of carbonyl (C=O) groups excluding carboxylic acids is 1. The van der Waals surface area contributed by atoms with Crippen LogP contribution in [0.25, 0.3) is 0 Å². The van der Waals surface area contributed by atoms with E-state index in [-0.39, 0.29) is 18.3 Å². The summed E-state index contributed by atoms with van der Waals surface area (Å²) in [5, 5.41) is 20.7. The minimum atomic E-state index is -0.207. The highest BCUT2D eigenvalue weighted by Crippen LogP contribution is 2.10. The van der Waals surface area contributed by atoms with E-state index in [9.17, 15) is 9.90 Å². The first-order chi connectivity index (χ1) is 10.2. The average molecular weight is 281 g/mol. The Morgan fingerprint density at radius 1 is 1.14 bits per heavy atom. The van der Waals surface area contributed by atoms with Crippen molar-refractivity contribution in [3.8, 4) is 17.6 Å². The lowest BCUT2D eigenvalue weighted by Crippen LogP contribution is -2.22. The second kappa shape index (κ2) is 7.13. The summed E-state index contributed by atoms with van der Waals surface area (Å²) in [5.41, 5.74) is 2.20. The molecule has 0 bridgehead atoms. The van der Waals surface area contributed by atoms with E-state index in [1.807, 2.05) is 24.3 Å². The van der Waals surface area contributed by atoms with Crippen molar-refractivity contribution in [1.82, 2.24) is 5.32 Å². The van der Waals surface area contributed by atoms with Gasteiger partial charge < -0.3 is 15.5 Å². The zero-order valence-electron chi connectivity index (χ0n) is 11.3. The van der Waals surface area contributed by atoms with Crippen molar-refractivity contribution in [3.05, 3.63) is 65.2 Å². The van der Waals surface area contributed by atoms with E-state index in [0.717, 1.165) is 11.1 Å². The predicted molar refractivity (Wildman–Crippen MR) is 79.7 cm³/mol. The first-order valence-electron chi connectivity index (χ1n) is 6.45. The monoisotopic (exact) mass is 281 g/mol. The van der Waals surface area contributed by atoms with Crippen LogP contribution in [0.1, 0.15) is 21.5 Å². The van der Waals surface area contributed by atoms with Gasteiger partial charge in [0, 0.05) is 17.7 Å². The minimum absolute atomic E-state index is 0.127. The number of aliphatic hydroxyl groups excluding tert-OH is 1. The first kappa shape index (κ1) is 14.6. The summed E-state index contributed by atoms with van der Waals surface area (Å²) in [6, 6.07) is 13.5. The van der Waals surface area contributed by atoms with Crippen LogP contribution in [-0.4, -0.2) is 22.7 Å². The van der Waals surface area contributed by atoms with Crippen LogP contribution in [0.5, 0.6) is 5.75 Å². The molecule has 0 aliphatic heterocycles. The molecule has 0 aliphatic rings. The maximum absolute atomic E-state index is 11.9. The molecule has 0 heterocycles. The Kier molecular flexibility index (Phi) is 4.97. The van der Waals surface area contributed by atoms with Crippen LogP contribution in [0.2, 0.25) is 0 Å². The number of rotatable bonds is 3. The smallest absolute Gasteiger partial charge is 0.251 e. The number of carbonyl (C=O) groups is 1. The standard InChI is InChI=1S/C17H15NO3/c19-10-2-5-13-3-1-4-14(11-13)12-18-17(21)15-6-8-16(20)9-7-15/h1,3-4,6-9,11,19-20H,10,12H2,(H,18,21). The molecule has 3 N–H and O–H groups in total. The molecule has 0 saturated heterocycles. The fourth-order valence-corrected chi connectivity index (χ4v) is 1.80. The summed E-state index contributed by atoms with van der Waals surface area (Å²) in [5.74, 6) is 5.32. The molecule has 0 radical (unpaired) electrons. The highest BCUT2D eigenvalue weighted by atomic mass is 16.3. The van der Waals surface area contributed by atoms with Gasteiger partial charge >= 0.3 is 0 Å². The SMILES string of the molecule is O=C(NCc1cccc(C#CCO)c1)c1ccc(O)cc1. The van der Waals surface area contributed by atoms with Gasteiger partial charge in [-0.2, -0.15) is 0 Å². The Morgan fingerprint density at radius 3 is 2.62 bits per heavy atom. The van der Waals surface area contributed by atoms with Crippen molar-refractivity contribution >= 4 is 5.91 Å². The molecular weight excluding hydrogens is 266 g/mol. The fourth-order valence-electron chi connectivity index (χ4n) is 1.80. The Bertz CT molecular complexity index is 681. The predicted octanol–water partition coefficient (Wildman–Crippen LogP) is 1.67. The molecule has 106 valence electrons. The van der Waals surface area contributed by atoms with E-state index in [2.05, 4.69) is 17.2 Å². The van der Waals surface area contributed by atoms with Crippen LogP contribution in [0, 0.1) is 11.8 Å². The highest BCUT2D eigenvalue weighted by Gasteiger charge is 2.05. The molecule has 2 aromatic rings. The molecule has 2 rings (SSSR count). The van der Waals surface area contributed by atoms with Gasteiger partial charge in [-0.1, -0.05) is 24.0 Å². The Hall–Kier alpha value is -2.77. The molecule has 4 heteroatoms. The molecular formula is C17H15NO3. The maximum atomic E-state index is 11.9. The Labute approximate surface area is 123 Å². The second-order valence-electron chi connectivity index (χ2n) is 4.39. The Morgan fingerprint density at radius 2 is 1.90 bits per heavy atom. The zero-order chi connectivity index (χ0) is 15.1. The van der Waals surface area contributed by atoms with Crippen molar-refractivity contribution in [2.75, 3.05) is 6.61 Å². The van der Waals surface area contributed by atoms with Gasteiger partial charge in [0.1, 0.15) is 12.4 Å². The third-order valence-electron chi connectivity index (χ3n) is 2.82. The number of amides is 1. The highest BCUT2D eigenvalue weighted by molar-refractivity contribution is 5.94. The molecule has 0 atom stereocenters. The lowest BCUT2D eigenvalue weighted by molar-refractivity contribution is 0.0951. The van der Waals surface area contributed by atoms with E-state index in [4.69, 9.17) is 5.11 Å². The van der Waals surface area contributed by atoms with Gasteiger partial charge in [0.05, 0.1) is 0 Å². The molecule has 21 heavy (non-hydrogen) atoms. The summed E-state index contributed by atoms with van der Waals surface area (Å²) >= 11 is 0. The van der Waals surface area contributed by atoms with Gasteiger partial charge in [0.2, 0.25) is 0 Å². The van der Waals surface area contributed by atoms with Crippen LogP contribution in [0.3, 0.4) is 0 Å². The third-order valence-corrected chi connectivity index (χ3v) is 2.82. The molecule has 0 aromatic heterocycles. The van der Waals surface area contributed by atoms with E-state index in [1.54, 1.807) is 12.1 Å². The summed E-state index contributed by atoms with van der Waals surface area (Å²) < 4.78 is 0. The zero-order valence-corrected chi connectivity index (χ0v) is 11.3. The van der Waals surface area contributed by atoms with Crippen molar-refractivity contribution in [2.24, 2.45) is 0 Å². The average Bonchev–Trinajstić information content (AvgIpc) is 2.52. The maximum Gasteiger partial charge on any atom is 0.251 e. The number of phenols is 1. The molecule has 0 fully saturated rings. The van der Waals surface area contributed by atoms with Crippen molar-refractivity contribution in [3.63, 3.8) is 0 Å². The molecule has 4 nitrogen and oxygen atoms in total. The summed E-state index contributed by atoms with van der Waals surface area (Å²) in [7, 11) is 0. The van der Waals surface area contributed by atoms with Crippen LogP contribution >= 0.6 is 0 Å². The van der Waals surface area contributed by atoms with E-state index < -0.39 is 0 Å². The number of aliphatic hydroxyl groups is 1. The largest absolute Gasteiger partial charge is 0.508 e. The topological polar surface area (TPSA) is 69.6 Å². The third kappa shape index (κ3) is 4.37. The second-order valence-corrected chi connectivity index (χ2v) is 4.39. The number of phenolic OH excluding ortho intramolecular Hbond substituents is 1. The van der Waals surface area contributed by atoms with Crippen LogP contribution in [0.15, 0.2) is 48.5 Å². The molecule has 0 unspecified atom stereocenters. The van der Waals surface area contributed by atoms with Crippen molar-refractivity contribution in [2.45, 2.75) is 6.54 Å². The van der Waals surface area contributed by atoms with Gasteiger partial charge in [0.15, 0.2) is 0 Å². The Balaban J connectivity index is 1.99. The number of aromatic hydroxyl groups is 1. The minimum Gasteiger partial charge on any atom is -0.508 e. The van der Waals surface area contributed by atoms with Crippen molar-refractivity contribution < 1.29 is 15.0 Å². The van der Waals surface area contributed by atoms with Crippen LogP contribution in [0.4, 0.5) is 0 Å². The summed E-state index contributed by atoms with van der Waals surface area (Å²) in [6.07, 6.45) is 0. The fraction of sp³-hybridized carbons (Fsp3) is 0.118. The normalized spacial score (nSPS) is 9.57. The van der Waals surface area contributed by atoms with Crippen molar-refractivity contribution in [1.29, 1.82) is 0 Å². The van der Waals surface area contributed by atoms with E-state index >= 15 is 0 Å². The molecule has 1 amide bonds. The van der Waals surface area contributed by atoms with Crippen LogP contribution in [-0.2, 0) is 6.54 Å². The molecule has 0 saturated carbocycles. The van der Waals surface area contributed by atoms with Gasteiger partial charge in [-0.25, -0.2) is 0 Å². The molecule has 0 spiro atoms. The number of benzene rings is 2. The molecule has 2 aromatic carbocycles. The van der Waals surface area contributed by atoms with Gasteiger partial charge in [-0.15, -0.1) is 0 Å². The van der Waals surface area contributed by atoms with Gasteiger partial charge in [-0.3, -0.25) is 4.79 Å². The van der Waals surface area contributed by atoms with E-state index in [0.29, 0.717) is 12.1 Å². The summed E-state index contributed by atoms with van der Waals surface area (Å²) in [6.45, 7) is 0.205.